The molecule has 0 aromatic rings. The maximum atomic E-state index is 11.1. The average Bonchev–Trinajstić information content (AvgIpc) is 2.05. The Balaban J connectivity index is 3.65. The smallest absolute Gasteiger partial charge is 0.137 e. The molecule has 0 aromatic carbocycles. The van der Waals surface area contributed by atoms with Crippen molar-refractivity contribution in [2.75, 3.05) is 6.61 Å². The van der Waals surface area contributed by atoms with Crippen molar-refractivity contribution in [3.8, 4) is 0 Å². The highest BCUT2D eigenvalue weighted by molar-refractivity contribution is 5.80. The van der Waals surface area contributed by atoms with E-state index in [2.05, 4.69) is 6.92 Å². The van der Waals surface area contributed by atoms with Crippen molar-refractivity contribution in [3.05, 3.63) is 0 Å². The summed E-state index contributed by atoms with van der Waals surface area (Å²) in [7, 11) is 0. The van der Waals surface area contributed by atoms with Crippen LogP contribution >= 0.6 is 0 Å². The molecule has 0 aliphatic heterocycles. The summed E-state index contributed by atoms with van der Waals surface area (Å²) in [5.74, 6) is 0.0981. The monoisotopic (exact) mass is 158 g/mol. The summed E-state index contributed by atoms with van der Waals surface area (Å²) in [5.41, 5.74) is 0. The number of hydrogen-bond acceptors (Lipinski definition) is 2. The fraction of sp³-hybridized carbons (Fsp3) is 0.889. The minimum absolute atomic E-state index is 0.0205. The van der Waals surface area contributed by atoms with Crippen LogP contribution in [0, 0.1) is 5.92 Å². The van der Waals surface area contributed by atoms with E-state index >= 15 is 0 Å². The van der Waals surface area contributed by atoms with E-state index in [1.54, 1.807) is 0 Å². The van der Waals surface area contributed by atoms with Crippen LogP contribution in [0.15, 0.2) is 0 Å². The first-order chi connectivity index (χ1) is 5.26. The quantitative estimate of drug-likeness (QED) is 0.639. The van der Waals surface area contributed by atoms with Gasteiger partial charge in [0, 0.05) is 12.3 Å². The van der Waals surface area contributed by atoms with Crippen LogP contribution < -0.4 is 0 Å². The molecule has 0 fully saturated rings. The zero-order valence-corrected chi connectivity index (χ0v) is 7.47. The second-order valence-electron chi connectivity index (χ2n) is 2.84. The zero-order chi connectivity index (χ0) is 8.69. The summed E-state index contributed by atoms with van der Waals surface area (Å²) in [4.78, 5) is 11.1. The lowest BCUT2D eigenvalue weighted by atomic mass is 9.97. The van der Waals surface area contributed by atoms with Gasteiger partial charge in [-0.05, 0) is 6.42 Å². The van der Waals surface area contributed by atoms with Gasteiger partial charge in [-0.2, -0.15) is 0 Å². The second kappa shape index (κ2) is 6.35. The van der Waals surface area contributed by atoms with Crippen molar-refractivity contribution in [1.82, 2.24) is 0 Å². The topological polar surface area (TPSA) is 37.3 Å². The Morgan fingerprint density at radius 1 is 1.45 bits per heavy atom. The van der Waals surface area contributed by atoms with E-state index in [0.717, 1.165) is 19.3 Å². The molecule has 11 heavy (non-hydrogen) atoms. The van der Waals surface area contributed by atoms with E-state index < -0.39 is 0 Å². The fourth-order valence-electron chi connectivity index (χ4n) is 1.09. The van der Waals surface area contributed by atoms with E-state index in [9.17, 15) is 4.79 Å². The van der Waals surface area contributed by atoms with Gasteiger partial charge in [-0.15, -0.1) is 0 Å². The van der Waals surface area contributed by atoms with Gasteiger partial charge in [0.05, 0.1) is 6.61 Å². The van der Waals surface area contributed by atoms with Gasteiger partial charge in [0.1, 0.15) is 5.78 Å². The number of carbonyl (C=O) groups excluding carboxylic acids is 1. The number of aliphatic hydroxyl groups excluding tert-OH is 1. The highest BCUT2D eigenvalue weighted by atomic mass is 16.3. The molecule has 0 saturated carbocycles. The van der Waals surface area contributed by atoms with Crippen LogP contribution in [0.3, 0.4) is 0 Å². The Labute approximate surface area is 68.6 Å². The van der Waals surface area contributed by atoms with Crippen LogP contribution in [0.4, 0.5) is 0 Å². The summed E-state index contributed by atoms with van der Waals surface area (Å²) in [6.45, 7) is 3.95. The number of Topliss-reactive ketones (excluding diaryl/α,β-unsaturated/α-hetero) is 1. The van der Waals surface area contributed by atoms with Crippen LogP contribution in [0.2, 0.25) is 0 Å². The average molecular weight is 158 g/mol. The molecule has 0 amide bonds. The summed E-state index contributed by atoms with van der Waals surface area (Å²) in [6, 6.07) is 0. The molecule has 0 aromatic heterocycles. The first-order valence-corrected chi connectivity index (χ1v) is 4.39. The Bertz CT molecular complexity index is 110. The van der Waals surface area contributed by atoms with Gasteiger partial charge in [0.15, 0.2) is 0 Å². The molecule has 0 aliphatic rings. The Hall–Kier alpha value is -0.370. The van der Waals surface area contributed by atoms with Crippen molar-refractivity contribution in [3.63, 3.8) is 0 Å². The van der Waals surface area contributed by atoms with Crippen LogP contribution in [-0.2, 0) is 4.79 Å². The van der Waals surface area contributed by atoms with Crippen molar-refractivity contribution in [2.24, 2.45) is 5.92 Å². The maximum absolute atomic E-state index is 11.1. The molecule has 2 heteroatoms. The number of unbranched alkanes of at least 4 members (excludes halogenated alkanes) is 1. The van der Waals surface area contributed by atoms with Gasteiger partial charge in [0.2, 0.25) is 0 Å². The second-order valence-corrected chi connectivity index (χ2v) is 2.84. The minimum atomic E-state index is -0.0973. The van der Waals surface area contributed by atoms with Crippen LogP contribution in [0.1, 0.15) is 39.5 Å². The predicted molar refractivity (Wildman–Crippen MR) is 45.4 cm³/mol. The van der Waals surface area contributed by atoms with Crippen molar-refractivity contribution >= 4 is 5.78 Å². The number of aliphatic hydroxyl groups is 1. The van der Waals surface area contributed by atoms with Gasteiger partial charge >= 0.3 is 0 Å². The molecule has 0 heterocycles. The zero-order valence-electron chi connectivity index (χ0n) is 7.47. The lowest BCUT2D eigenvalue weighted by Crippen LogP contribution is -2.17. The molecule has 0 bridgehead atoms. The molecule has 1 unspecified atom stereocenters. The van der Waals surface area contributed by atoms with E-state index in [0.29, 0.717) is 6.42 Å². The molecular weight excluding hydrogens is 140 g/mol. The number of ketones is 1. The van der Waals surface area contributed by atoms with Gasteiger partial charge < -0.3 is 5.11 Å². The standard InChI is InChI=1S/C9H18O2/c1-3-5-6-8(7-10)9(11)4-2/h8,10H,3-7H2,1-2H3. The normalized spacial score (nSPS) is 13.0. The fourth-order valence-corrected chi connectivity index (χ4v) is 1.09. The van der Waals surface area contributed by atoms with Gasteiger partial charge in [-0.3, -0.25) is 4.79 Å². The largest absolute Gasteiger partial charge is 0.396 e. The Morgan fingerprint density at radius 3 is 2.45 bits per heavy atom. The van der Waals surface area contributed by atoms with Gasteiger partial charge in [-0.25, -0.2) is 0 Å². The Morgan fingerprint density at radius 2 is 2.09 bits per heavy atom. The Kier molecular flexibility index (Phi) is 6.13. The maximum Gasteiger partial charge on any atom is 0.137 e. The van der Waals surface area contributed by atoms with Crippen molar-refractivity contribution in [1.29, 1.82) is 0 Å². The highest BCUT2D eigenvalue weighted by Gasteiger charge is 2.13. The van der Waals surface area contributed by atoms with Gasteiger partial charge in [-0.1, -0.05) is 26.7 Å². The molecular formula is C9H18O2. The molecule has 1 atom stereocenters. The third-order valence-corrected chi connectivity index (χ3v) is 1.93. The SMILES string of the molecule is CCCCC(CO)C(=O)CC. The molecule has 0 saturated heterocycles. The summed E-state index contributed by atoms with van der Waals surface area (Å²) in [5, 5.41) is 8.83. The third-order valence-electron chi connectivity index (χ3n) is 1.93. The lowest BCUT2D eigenvalue weighted by molar-refractivity contribution is -0.124. The first kappa shape index (κ1) is 10.6. The van der Waals surface area contributed by atoms with Crippen LogP contribution in [-0.4, -0.2) is 17.5 Å². The van der Waals surface area contributed by atoms with E-state index in [1.165, 1.54) is 0 Å². The lowest BCUT2D eigenvalue weighted by Gasteiger charge is -2.10. The molecule has 0 spiro atoms. The molecule has 2 nitrogen and oxygen atoms in total. The number of carbonyl (C=O) groups is 1. The summed E-state index contributed by atoms with van der Waals surface area (Å²) >= 11 is 0. The molecule has 0 aliphatic carbocycles. The van der Waals surface area contributed by atoms with Crippen molar-refractivity contribution < 1.29 is 9.90 Å². The number of rotatable bonds is 6. The van der Waals surface area contributed by atoms with Crippen LogP contribution in [0.5, 0.6) is 0 Å². The predicted octanol–water partition coefficient (Wildman–Crippen LogP) is 1.76. The number of hydrogen-bond donors (Lipinski definition) is 1. The minimum Gasteiger partial charge on any atom is -0.396 e. The molecule has 1 N–H and O–H groups in total. The highest BCUT2D eigenvalue weighted by Crippen LogP contribution is 2.10. The molecule has 66 valence electrons. The van der Waals surface area contributed by atoms with Crippen molar-refractivity contribution in [2.45, 2.75) is 39.5 Å². The molecule has 0 rings (SSSR count). The van der Waals surface area contributed by atoms with E-state index in [-0.39, 0.29) is 18.3 Å². The summed E-state index contributed by atoms with van der Waals surface area (Å²) in [6.07, 6.45) is 3.53. The summed E-state index contributed by atoms with van der Waals surface area (Å²) < 4.78 is 0. The third kappa shape index (κ3) is 4.14. The van der Waals surface area contributed by atoms with E-state index in [4.69, 9.17) is 5.11 Å². The van der Waals surface area contributed by atoms with Crippen LogP contribution in [0.25, 0.3) is 0 Å². The van der Waals surface area contributed by atoms with Gasteiger partial charge in [0.25, 0.3) is 0 Å². The molecule has 0 radical (unpaired) electrons. The van der Waals surface area contributed by atoms with E-state index in [1.807, 2.05) is 6.92 Å². The first-order valence-electron chi connectivity index (χ1n) is 4.39.